The van der Waals surface area contributed by atoms with Crippen LogP contribution in [0.15, 0.2) is 48.5 Å². The predicted molar refractivity (Wildman–Crippen MR) is 81.4 cm³/mol. The molecule has 0 aliphatic rings. The first-order valence-electron chi connectivity index (χ1n) is 6.49. The van der Waals surface area contributed by atoms with Crippen LogP contribution in [0.25, 0.3) is 0 Å². The summed E-state index contributed by atoms with van der Waals surface area (Å²) in [5.41, 5.74) is 0.595. The molecule has 114 valence electrons. The predicted octanol–water partition coefficient (Wildman–Crippen LogP) is 3.66. The number of ether oxygens (including phenoxy) is 1. The van der Waals surface area contributed by atoms with Crippen molar-refractivity contribution >= 4 is 29.2 Å². The minimum Gasteiger partial charge on any atom is -0.449 e. The van der Waals surface area contributed by atoms with Crippen LogP contribution in [0, 0.1) is 5.82 Å². The van der Waals surface area contributed by atoms with Crippen molar-refractivity contribution in [2.45, 2.75) is 13.0 Å². The molecular weight excluding hydrogens is 309 g/mol. The molecule has 2 rings (SSSR count). The standard InChI is InChI=1S/C16H13ClFNO3/c1-10(15(20)19-14-5-3-2-4-13(14)17)22-16(21)11-6-8-12(18)9-7-11/h2-10H,1H3,(H,19,20)/t10-/m0/s1. The van der Waals surface area contributed by atoms with E-state index in [2.05, 4.69) is 5.32 Å². The molecule has 0 spiro atoms. The third-order valence-corrected chi connectivity index (χ3v) is 3.19. The van der Waals surface area contributed by atoms with Gasteiger partial charge in [-0.15, -0.1) is 0 Å². The summed E-state index contributed by atoms with van der Waals surface area (Å²) in [4.78, 5) is 23.8. The lowest BCUT2D eigenvalue weighted by Gasteiger charge is -2.14. The van der Waals surface area contributed by atoms with Gasteiger partial charge in [-0.1, -0.05) is 23.7 Å². The van der Waals surface area contributed by atoms with E-state index in [1.807, 2.05) is 0 Å². The molecule has 2 aromatic rings. The quantitative estimate of drug-likeness (QED) is 0.874. The summed E-state index contributed by atoms with van der Waals surface area (Å²) in [5, 5.41) is 2.95. The summed E-state index contributed by atoms with van der Waals surface area (Å²) in [6.45, 7) is 1.44. The first-order valence-corrected chi connectivity index (χ1v) is 6.87. The molecular formula is C16H13ClFNO3. The van der Waals surface area contributed by atoms with Crippen molar-refractivity contribution in [3.63, 3.8) is 0 Å². The second kappa shape index (κ2) is 7.04. The van der Waals surface area contributed by atoms with Crippen molar-refractivity contribution in [2.24, 2.45) is 0 Å². The van der Waals surface area contributed by atoms with Gasteiger partial charge in [0.2, 0.25) is 0 Å². The summed E-state index contributed by atoms with van der Waals surface area (Å²) in [5.74, 6) is -1.67. The third-order valence-electron chi connectivity index (χ3n) is 2.86. The number of para-hydroxylation sites is 1. The van der Waals surface area contributed by atoms with Gasteiger partial charge >= 0.3 is 5.97 Å². The summed E-state index contributed by atoms with van der Waals surface area (Å²) < 4.78 is 17.8. The summed E-state index contributed by atoms with van der Waals surface area (Å²) >= 11 is 5.93. The minimum atomic E-state index is -1.02. The van der Waals surface area contributed by atoms with Gasteiger partial charge in [0.05, 0.1) is 16.3 Å². The van der Waals surface area contributed by atoms with Crippen molar-refractivity contribution in [1.82, 2.24) is 0 Å². The van der Waals surface area contributed by atoms with E-state index in [1.54, 1.807) is 24.3 Å². The molecule has 0 bridgehead atoms. The second-order valence-corrected chi connectivity index (χ2v) is 4.93. The zero-order valence-electron chi connectivity index (χ0n) is 11.7. The van der Waals surface area contributed by atoms with Crippen LogP contribution < -0.4 is 5.32 Å². The van der Waals surface area contributed by atoms with E-state index >= 15 is 0 Å². The van der Waals surface area contributed by atoms with E-state index in [0.717, 1.165) is 12.1 Å². The molecule has 6 heteroatoms. The zero-order chi connectivity index (χ0) is 16.1. The van der Waals surface area contributed by atoms with Crippen molar-refractivity contribution in [2.75, 3.05) is 5.32 Å². The number of nitrogens with one attached hydrogen (secondary N) is 1. The number of hydrogen-bond acceptors (Lipinski definition) is 3. The topological polar surface area (TPSA) is 55.4 Å². The molecule has 0 aromatic heterocycles. The molecule has 0 heterocycles. The number of anilines is 1. The van der Waals surface area contributed by atoms with Crippen LogP contribution in [0.1, 0.15) is 17.3 Å². The van der Waals surface area contributed by atoms with E-state index in [-0.39, 0.29) is 5.56 Å². The van der Waals surface area contributed by atoms with Gasteiger partial charge in [0.15, 0.2) is 6.10 Å². The van der Waals surface area contributed by atoms with Crippen LogP contribution in [-0.4, -0.2) is 18.0 Å². The lowest BCUT2D eigenvalue weighted by Crippen LogP contribution is -2.30. The number of hydrogen-bond donors (Lipinski definition) is 1. The molecule has 1 N–H and O–H groups in total. The second-order valence-electron chi connectivity index (χ2n) is 4.52. The molecule has 22 heavy (non-hydrogen) atoms. The van der Waals surface area contributed by atoms with E-state index < -0.39 is 23.8 Å². The Kier molecular flexibility index (Phi) is 5.12. The fourth-order valence-electron chi connectivity index (χ4n) is 1.67. The fraction of sp³-hybridized carbons (Fsp3) is 0.125. The highest BCUT2D eigenvalue weighted by atomic mass is 35.5. The van der Waals surface area contributed by atoms with Gasteiger partial charge in [0.1, 0.15) is 5.82 Å². The van der Waals surface area contributed by atoms with Gasteiger partial charge in [-0.3, -0.25) is 4.79 Å². The molecule has 0 saturated heterocycles. The number of esters is 1. The van der Waals surface area contributed by atoms with Gasteiger partial charge in [0.25, 0.3) is 5.91 Å². The van der Waals surface area contributed by atoms with Crippen molar-refractivity contribution < 1.29 is 18.7 Å². The molecule has 0 aliphatic heterocycles. The van der Waals surface area contributed by atoms with Crippen molar-refractivity contribution in [1.29, 1.82) is 0 Å². The van der Waals surface area contributed by atoms with Gasteiger partial charge in [-0.25, -0.2) is 9.18 Å². The van der Waals surface area contributed by atoms with E-state index in [1.165, 1.54) is 19.1 Å². The molecule has 4 nitrogen and oxygen atoms in total. The molecule has 1 atom stereocenters. The number of carbonyl (C=O) groups is 2. The van der Waals surface area contributed by atoms with Gasteiger partial charge < -0.3 is 10.1 Å². The summed E-state index contributed by atoms with van der Waals surface area (Å²) in [7, 11) is 0. The van der Waals surface area contributed by atoms with E-state index in [9.17, 15) is 14.0 Å². The Morgan fingerprint density at radius 1 is 1.14 bits per heavy atom. The maximum absolute atomic E-state index is 12.8. The number of benzene rings is 2. The minimum absolute atomic E-state index is 0.166. The normalized spacial score (nSPS) is 11.6. The Labute approximate surface area is 131 Å². The molecule has 0 unspecified atom stereocenters. The van der Waals surface area contributed by atoms with Crippen molar-refractivity contribution in [3.05, 3.63) is 64.9 Å². The Morgan fingerprint density at radius 3 is 2.41 bits per heavy atom. The van der Waals surface area contributed by atoms with Gasteiger partial charge in [-0.05, 0) is 43.3 Å². The molecule has 2 aromatic carbocycles. The zero-order valence-corrected chi connectivity index (χ0v) is 12.4. The monoisotopic (exact) mass is 321 g/mol. The highest BCUT2D eigenvalue weighted by molar-refractivity contribution is 6.33. The Hall–Kier alpha value is -2.40. The Morgan fingerprint density at radius 2 is 1.77 bits per heavy atom. The first-order chi connectivity index (χ1) is 10.5. The summed E-state index contributed by atoms with van der Waals surface area (Å²) in [6.07, 6.45) is -1.02. The van der Waals surface area contributed by atoms with Crippen LogP contribution in [-0.2, 0) is 9.53 Å². The van der Waals surface area contributed by atoms with Crippen LogP contribution in [0.5, 0.6) is 0 Å². The Bertz CT molecular complexity index is 688. The third kappa shape index (κ3) is 4.05. The van der Waals surface area contributed by atoms with Crippen molar-refractivity contribution in [3.8, 4) is 0 Å². The highest BCUT2D eigenvalue weighted by Crippen LogP contribution is 2.20. The molecule has 0 radical (unpaired) electrons. The maximum Gasteiger partial charge on any atom is 0.338 e. The van der Waals surface area contributed by atoms with E-state index in [4.69, 9.17) is 16.3 Å². The SMILES string of the molecule is C[C@H](OC(=O)c1ccc(F)cc1)C(=O)Nc1ccccc1Cl. The van der Waals surface area contributed by atoms with Crippen LogP contribution in [0.4, 0.5) is 10.1 Å². The summed E-state index contributed by atoms with van der Waals surface area (Å²) in [6, 6.07) is 11.6. The first kappa shape index (κ1) is 16.0. The number of halogens is 2. The average Bonchev–Trinajstić information content (AvgIpc) is 2.50. The highest BCUT2D eigenvalue weighted by Gasteiger charge is 2.19. The van der Waals surface area contributed by atoms with Crippen LogP contribution >= 0.6 is 11.6 Å². The van der Waals surface area contributed by atoms with Gasteiger partial charge in [0, 0.05) is 0 Å². The van der Waals surface area contributed by atoms with Gasteiger partial charge in [-0.2, -0.15) is 0 Å². The Balaban J connectivity index is 1.98. The number of amides is 1. The number of carbonyl (C=O) groups excluding carboxylic acids is 2. The van der Waals surface area contributed by atoms with E-state index in [0.29, 0.717) is 10.7 Å². The average molecular weight is 322 g/mol. The largest absolute Gasteiger partial charge is 0.449 e. The smallest absolute Gasteiger partial charge is 0.338 e. The van der Waals surface area contributed by atoms with Crippen LogP contribution in [0.2, 0.25) is 5.02 Å². The number of rotatable bonds is 4. The lowest BCUT2D eigenvalue weighted by atomic mass is 10.2. The van der Waals surface area contributed by atoms with Crippen LogP contribution in [0.3, 0.4) is 0 Å². The fourth-order valence-corrected chi connectivity index (χ4v) is 1.85. The lowest BCUT2D eigenvalue weighted by molar-refractivity contribution is -0.123. The molecule has 1 amide bonds. The molecule has 0 aliphatic carbocycles. The molecule has 0 fully saturated rings. The molecule has 0 saturated carbocycles. The maximum atomic E-state index is 12.8.